The molecule has 1 aliphatic carbocycles. The summed E-state index contributed by atoms with van der Waals surface area (Å²) in [6.45, 7) is -0.139. The number of sulfonamides is 1. The molecule has 5 nitrogen and oxygen atoms in total. The highest BCUT2D eigenvalue weighted by atomic mass is 32.2. The Morgan fingerprint density at radius 1 is 1.00 bits per heavy atom. The zero-order valence-electron chi connectivity index (χ0n) is 14.3. The van der Waals surface area contributed by atoms with E-state index in [-0.39, 0.29) is 23.8 Å². The average Bonchev–Trinajstić information content (AvgIpc) is 2.65. The van der Waals surface area contributed by atoms with Gasteiger partial charge in [0.1, 0.15) is 5.82 Å². The van der Waals surface area contributed by atoms with Gasteiger partial charge in [0.15, 0.2) is 0 Å². The van der Waals surface area contributed by atoms with Crippen LogP contribution < -0.4 is 10.0 Å². The maximum absolute atomic E-state index is 12.8. The molecule has 0 aromatic heterocycles. The first kappa shape index (κ1) is 18.5. The predicted molar refractivity (Wildman–Crippen MR) is 96.5 cm³/mol. The second-order valence-electron chi connectivity index (χ2n) is 6.37. The van der Waals surface area contributed by atoms with Crippen LogP contribution in [0.5, 0.6) is 0 Å². The van der Waals surface area contributed by atoms with Crippen molar-refractivity contribution in [3.63, 3.8) is 0 Å². The lowest BCUT2D eigenvalue weighted by Gasteiger charge is -2.16. The van der Waals surface area contributed by atoms with E-state index in [2.05, 4.69) is 10.0 Å². The molecule has 0 radical (unpaired) electrons. The number of carbonyl (C=O) groups is 1. The molecule has 0 atom stereocenters. The molecule has 0 unspecified atom stereocenters. The van der Waals surface area contributed by atoms with Crippen LogP contribution in [-0.4, -0.2) is 20.9 Å². The molecule has 138 valence electrons. The minimum atomic E-state index is -3.74. The van der Waals surface area contributed by atoms with Crippen LogP contribution in [0.2, 0.25) is 0 Å². The van der Waals surface area contributed by atoms with E-state index in [0.717, 1.165) is 36.8 Å². The second-order valence-corrected chi connectivity index (χ2v) is 8.13. The van der Waals surface area contributed by atoms with Crippen LogP contribution in [0.3, 0.4) is 0 Å². The zero-order valence-corrected chi connectivity index (χ0v) is 15.1. The van der Waals surface area contributed by atoms with E-state index < -0.39 is 15.9 Å². The van der Waals surface area contributed by atoms with Gasteiger partial charge in [0.25, 0.3) is 0 Å². The summed E-state index contributed by atoms with van der Waals surface area (Å²) in [6, 6.07) is 10.9. The number of hydrogen-bond donors (Lipinski definition) is 2. The third kappa shape index (κ3) is 4.68. The van der Waals surface area contributed by atoms with Crippen molar-refractivity contribution < 1.29 is 17.6 Å². The molecule has 0 bridgehead atoms. The van der Waals surface area contributed by atoms with Crippen LogP contribution in [0.1, 0.15) is 29.5 Å². The molecule has 0 saturated carbocycles. The zero-order chi connectivity index (χ0) is 18.6. The Labute approximate surface area is 152 Å². The van der Waals surface area contributed by atoms with E-state index in [0.29, 0.717) is 0 Å². The maximum Gasteiger partial charge on any atom is 0.241 e. The Morgan fingerprint density at radius 3 is 2.42 bits per heavy atom. The van der Waals surface area contributed by atoms with Crippen LogP contribution in [0, 0.1) is 5.82 Å². The first-order chi connectivity index (χ1) is 12.4. The Bertz CT molecular complexity index is 896. The van der Waals surface area contributed by atoms with Crippen LogP contribution >= 0.6 is 0 Å². The van der Waals surface area contributed by atoms with E-state index in [1.54, 1.807) is 24.3 Å². The van der Waals surface area contributed by atoms with E-state index >= 15 is 0 Å². The smallest absolute Gasteiger partial charge is 0.241 e. The first-order valence-corrected chi connectivity index (χ1v) is 10.0. The van der Waals surface area contributed by atoms with Crippen LogP contribution in [-0.2, 0) is 34.2 Å². The third-order valence-electron chi connectivity index (χ3n) is 4.46. The molecule has 7 heteroatoms. The van der Waals surface area contributed by atoms with Gasteiger partial charge in [-0.1, -0.05) is 18.2 Å². The molecule has 1 aliphatic rings. The standard InChI is InChI=1S/C19H21FN2O3S/c20-17-8-5-14(6-9-17)12-21-19(23)13-22-26(24,25)18-10-7-15-3-1-2-4-16(15)11-18/h5-11,22H,1-4,12-13H2,(H,21,23). The van der Waals surface area contributed by atoms with Crippen LogP contribution in [0.25, 0.3) is 0 Å². The SMILES string of the molecule is O=C(CNS(=O)(=O)c1ccc2c(c1)CCCC2)NCc1ccc(F)cc1. The van der Waals surface area contributed by atoms with Crippen molar-refractivity contribution in [2.24, 2.45) is 0 Å². The summed E-state index contributed by atoms with van der Waals surface area (Å²) in [4.78, 5) is 12.1. The van der Waals surface area contributed by atoms with Crippen LogP contribution in [0.4, 0.5) is 4.39 Å². The summed E-state index contributed by atoms with van der Waals surface area (Å²) in [7, 11) is -3.74. The Kier molecular flexibility index (Phi) is 5.68. The van der Waals surface area contributed by atoms with Crippen molar-refractivity contribution in [1.82, 2.24) is 10.0 Å². The summed E-state index contributed by atoms with van der Waals surface area (Å²) < 4.78 is 40.0. The molecule has 2 N–H and O–H groups in total. The van der Waals surface area contributed by atoms with Crippen molar-refractivity contribution in [3.05, 3.63) is 65.0 Å². The molecule has 0 fully saturated rings. The summed E-state index contributed by atoms with van der Waals surface area (Å²) in [5.74, 6) is -0.797. The minimum Gasteiger partial charge on any atom is -0.351 e. The Morgan fingerprint density at radius 2 is 1.69 bits per heavy atom. The largest absolute Gasteiger partial charge is 0.351 e. The minimum absolute atomic E-state index is 0.185. The van der Waals surface area contributed by atoms with Gasteiger partial charge in [-0.15, -0.1) is 0 Å². The molecular formula is C19H21FN2O3S. The van der Waals surface area contributed by atoms with Crippen molar-refractivity contribution in [2.45, 2.75) is 37.1 Å². The van der Waals surface area contributed by atoms with Gasteiger partial charge in [0.2, 0.25) is 15.9 Å². The molecule has 0 saturated heterocycles. The average molecular weight is 376 g/mol. The highest BCUT2D eigenvalue weighted by Crippen LogP contribution is 2.23. The third-order valence-corrected chi connectivity index (χ3v) is 5.85. The van der Waals surface area contributed by atoms with E-state index in [9.17, 15) is 17.6 Å². The molecule has 0 spiro atoms. The number of fused-ring (bicyclic) bond motifs is 1. The van der Waals surface area contributed by atoms with Gasteiger partial charge < -0.3 is 5.32 Å². The van der Waals surface area contributed by atoms with Crippen molar-refractivity contribution in [2.75, 3.05) is 6.54 Å². The summed E-state index contributed by atoms with van der Waals surface area (Å²) >= 11 is 0. The normalized spacial score (nSPS) is 13.9. The number of amides is 1. The molecule has 3 rings (SSSR count). The number of halogens is 1. The fourth-order valence-electron chi connectivity index (χ4n) is 2.99. The Hall–Kier alpha value is -2.25. The quantitative estimate of drug-likeness (QED) is 0.812. The van der Waals surface area contributed by atoms with Gasteiger partial charge in [-0.25, -0.2) is 17.5 Å². The summed E-state index contributed by atoms with van der Waals surface area (Å²) in [5.41, 5.74) is 3.00. The molecule has 1 amide bonds. The van der Waals surface area contributed by atoms with Crippen molar-refractivity contribution >= 4 is 15.9 Å². The van der Waals surface area contributed by atoms with Gasteiger partial charge in [0.05, 0.1) is 11.4 Å². The highest BCUT2D eigenvalue weighted by Gasteiger charge is 2.18. The highest BCUT2D eigenvalue weighted by molar-refractivity contribution is 7.89. The lowest BCUT2D eigenvalue weighted by molar-refractivity contribution is -0.120. The number of nitrogens with one attached hydrogen (secondary N) is 2. The number of benzene rings is 2. The molecule has 0 heterocycles. The van der Waals surface area contributed by atoms with E-state index in [1.165, 1.54) is 17.7 Å². The number of hydrogen-bond acceptors (Lipinski definition) is 3. The maximum atomic E-state index is 12.8. The topological polar surface area (TPSA) is 75.3 Å². The van der Waals surface area contributed by atoms with Gasteiger partial charge in [-0.3, -0.25) is 4.79 Å². The van der Waals surface area contributed by atoms with Gasteiger partial charge in [0, 0.05) is 6.54 Å². The van der Waals surface area contributed by atoms with Crippen LogP contribution in [0.15, 0.2) is 47.4 Å². The van der Waals surface area contributed by atoms with Gasteiger partial charge >= 0.3 is 0 Å². The van der Waals surface area contributed by atoms with Gasteiger partial charge in [-0.2, -0.15) is 0 Å². The summed E-state index contributed by atoms with van der Waals surface area (Å²) in [5, 5.41) is 2.60. The number of rotatable bonds is 6. The second kappa shape index (κ2) is 7.97. The number of carbonyl (C=O) groups excluding carboxylic acids is 1. The van der Waals surface area contributed by atoms with E-state index in [4.69, 9.17) is 0 Å². The molecule has 26 heavy (non-hydrogen) atoms. The predicted octanol–water partition coefficient (Wildman–Crippen LogP) is 2.30. The fraction of sp³-hybridized carbons (Fsp3) is 0.316. The summed E-state index contributed by atoms with van der Waals surface area (Å²) in [6.07, 6.45) is 4.06. The molecule has 2 aromatic rings. The Balaban J connectivity index is 1.56. The fourth-order valence-corrected chi connectivity index (χ4v) is 4.02. The molecule has 0 aliphatic heterocycles. The van der Waals surface area contributed by atoms with Crippen molar-refractivity contribution in [1.29, 1.82) is 0 Å². The molecule has 2 aromatic carbocycles. The monoisotopic (exact) mass is 376 g/mol. The first-order valence-electron chi connectivity index (χ1n) is 8.57. The van der Waals surface area contributed by atoms with Crippen molar-refractivity contribution in [3.8, 4) is 0 Å². The lowest BCUT2D eigenvalue weighted by Crippen LogP contribution is -2.36. The lowest BCUT2D eigenvalue weighted by atomic mass is 9.92. The number of aryl methyl sites for hydroxylation is 2. The molecular weight excluding hydrogens is 355 g/mol. The van der Waals surface area contributed by atoms with Gasteiger partial charge in [-0.05, 0) is 66.6 Å². The van der Waals surface area contributed by atoms with E-state index in [1.807, 2.05) is 6.07 Å².